The smallest absolute Gasteiger partial charge is 0.342 e. The molecule has 1 N–H and O–H groups in total. The fourth-order valence-electron chi connectivity index (χ4n) is 3.90. The zero-order valence-electron chi connectivity index (χ0n) is 17.4. The van der Waals surface area contributed by atoms with E-state index in [9.17, 15) is 14.9 Å². The Kier molecular flexibility index (Phi) is 5.87. The van der Waals surface area contributed by atoms with Crippen molar-refractivity contribution in [2.24, 2.45) is 0 Å². The number of anilines is 1. The highest BCUT2D eigenvalue weighted by Gasteiger charge is 2.24. The number of nitrogens with one attached hydrogen (secondary N) is 1. The molecule has 0 radical (unpaired) electrons. The van der Waals surface area contributed by atoms with Gasteiger partial charge in [0.05, 0.1) is 22.6 Å². The van der Waals surface area contributed by atoms with E-state index in [1.165, 1.54) is 11.3 Å². The first-order chi connectivity index (χ1) is 15.0. The minimum atomic E-state index is -0.599. The third kappa shape index (κ3) is 4.09. The lowest BCUT2D eigenvalue weighted by molar-refractivity contribution is -0.119. The summed E-state index contributed by atoms with van der Waals surface area (Å²) < 4.78 is 6.95. The van der Waals surface area contributed by atoms with Crippen LogP contribution < -0.4 is 5.32 Å². The number of aromatic nitrogens is 2. The van der Waals surface area contributed by atoms with Crippen LogP contribution in [-0.4, -0.2) is 28.3 Å². The predicted molar refractivity (Wildman–Crippen MR) is 118 cm³/mol. The number of nitrogens with zero attached hydrogens (tertiary/aromatic N) is 3. The molecule has 0 bridgehead atoms. The van der Waals surface area contributed by atoms with Gasteiger partial charge in [-0.25, -0.2) is 9.48 Å². The van der Waals surface area contributed by atoms with Crippen LogP contribution in [0, 0.1) is 25.2 Å². The van der Waals surface area contributed by atoms with Crippen LogP contribution >= 0.6 is 11.3 Å². The number of nitriles is 1. The van der Waals surface area contributed by atoms with Gasteiger partial charge in [0, 0.05) is 4.88 Å². The standard InChI is InChI=1S/C23H22N4O3S/c1-14-21(15(2)27(26-14)16-8-4-3-5-9-16)23(29)30-13-20(28)25-22-18(12-24)17-10-6-7-11-19(17)31-22/h3-5,8-9H,6-7,10-11,13H2,1-2H3,(H,25,28). The maximum Gasteiger partial charge on any atom is 0.342 e. The first-order valence-electron chi connectivity index (χ1n) is 10.1. The number of carbonyl (C=O) groups is 2. The number of hydrogen-bond acceptors (Lipinski definition) is 6. The monoisotopic (exact) mass is 434 g/mol. The number of thiophene rings is 1. The maximum atomic E-state index is 12.7. The van der Waals surface area contributed by atoms with Crippen molar-refractivity contribution in [3.8, 4) is 11.8 Å². The fraction of sp³-hybridized carbons (Fsp3) is 0.304. The quantitative estimate of drug-likeness (QED) is 0.610. The molecule has 8 heteroatoms. The summed E-state index contributed by atoms with van der Waals surface area (Å²) in [7, 11) is 0. The normalized spacial score (nSPS) is 12.7. The number of amides is 1. The highest BCUT2D eigenvalue weighted by atomic mass is 32.1. The Hall–Kier alpha value is -3.44. The molecule has 2 aromatic heterocycles. The summed E-state index contributed by atoms with van der Waals surface area (Å²) in [4.78, 5) is 26.2. The number of esters is 1. The summed E-state index contributed by atoms with van der Waals surface area (Å²) in [6.07, 6.45) is 3.95. The third-order valence-electron chi connectivity index (χ3n) is 5.37. The molecular formula is C23H22N4O3S. The second kappa shape index (κ2) is 8.74. The van der Waals surface area contributed by atoms with Crippen molar-refractivity contribution >= 4 is 28.2 Å². The van der Waals surface area contributed by atoms with E-state index in [-0.39, 0.29) is 0 Å². The van der Waals surface area contributed by atoms with Gasteiger partial charge < -0.3 is 10.1 Å². The van der Waals surface area contributed by atoms with Gasteiger partial charge in [-0.15, -0.1) is 11.3 Å². The SMILES string of the molecule is Cc1nn(-c2ccccc2)c(C)c1C(=O)OCC(=O)Nc1sc2c(c1C#N)CCCC2. The molecule has 1 amide bonds. The molecule has 0 fully saturated rings. The molecule has 0 saturated carbocycles. The first-order valence-corrected chi connectivity index (χ1v) is 10.9. The molecular weight excluding hydrogens is 412 g/mol. The molecule has 0 spiro atoms. The molecule has 158 valence electrons. The molecule has 0 unspecified atom stereocenters. The fourth-order valence-corrected chi connectivity index (χ4v) is 5.15. The molecule has 0 aliphatic heterocycles. The summed E-state index contributed by atoms with van der Waals surface area (Å²) in [5, 5.41) is 17.2. The topological polar surface area (TPSA) is 97.0 Å². The van der Waals surface area contributed by atoms with Gasteiger partial charge in [-0.3, -0.25) is 4.79 Å². The minimum absolute atomic E-state index is 0.348. The van der Waals surface area contributed by atoms with E-state index in [4.69, 9.17) is 4.74 Å². The number of benzene rings is 1. The van der Waals surface area contributed by atoms with Crippen LogP contribution in [0.15, 0.2) is 30.3 Å². The number of ether oxygens (including phenoxy) is 1. The minimum Gasteiger partial charge on any atom is -0.452 e. The van der Waals surface area contributed by atoms with E-state index >= 15 is 0 Å². The van der Waals surface area contributed by atoms with Crippen LogP contribution in [0.2, 0.25) is 0 Å². The van der Waals surface area contributed by atoms with Crippen LogP contribution in [0.5, 0.6) is 0 Å². The van der Waals surface area contributed by atoms with Crippen molar-refractivity contribution in [1.29, 1.82) is 5.26 Å². The molecule has 3 aromatic rings. The molecule has 0 saturated heterocycles. The van der Waals surface area contributed by atoms with Crippen LogP contribution in [0.4, 0.5) is 5.00 Å². The third-order valence-corrected chi connectivity index (χ3v) is 6.57. The van der Waals surface area contributed by atoms with E-state index in [1.807, 2.05) is 30.3 Å². The largest absolute Gasteiger partial charge is 0.452 e. The predicted octanol–water partition coefficient (Wildman–Crippen LogP) is 4.10. The number of rotatable bonds is 5. The van der Waals surface area contributed by atoms with E-state index in [2.05, 4.69) is 16.5 Å². The molecule has 2 heterocycles. The van der Waals surface area contributed by atoms with Gasteiger partial charge in [0.25, 0.3) is 5.91 Å². The first kappa shape index (κ1) is 20.8. The summed E-state index contributed by atoms with van der Waals surface area (Å²) in [6.45, 7) is 3.10. The molecule has 1 aliphatic rings. The molecule has 1 aliphatic carbocycles. The van der Waals surface area contributed by atoms with Crippen molar-refractivity contribution in [1.82, 2.24) is 9.78 Å². The van der Waals surface area contributed by atoms with E-state index < -0.39 is 18.5 Å². The maximum absolute atomic E-state index is 12.7. The molecule has 7 nitrogen and oxygen atoms in total. The summed E-state index contributed by atoms with van der Waals surface area (Å²) in [6, 6.07) is 11.7. The average molecular weight is 435 g/mol. The van der Waals surface area contributed by atoms with Crippen LogP contribution in [-0.2, 0) is 22.4 Å². The summed E-state index contributed by atoms with van der Waals surface area (Å²) in [5.41, 5.74) is 3.95. The lowest BCUT2D eigenvalue weighted by Crippen LogP contribution is -2.21. The summed E-state index contributed by atoms with van der Waals surface area (Å²) >= 11 is 1.44. The number of aryl methyl sites for hydroxylation is 2. The Morgan fingerprint density at radius 1 is 1.23 bits per heavy atom. The van der Waals surface area contributed by atoms with Gasteiger partial charge in [-0.05, 0) is 57.2 Å². The summed E-state index contributed by atoms with van der Waals surface area (Å²) in [5.74, 6) is -1.06. The number of fused-ring (bicyclic) bond motifs is 1. The Morgan fingerprint density at radius 2 is 1.97 bits per heavy atom. The van der Waals surface area contributed by atoms with Gasteiger partial charge >= 0.3 is 5.97 Å². The number of hydrogen-bond donors (Lipinski definition) is 1. The van der Waals surface area contributed by atoms with Gasteiger partial charge in [0.1, 0.15) is 16.6 Å². The van der Waals surface area contributed by atoms with Crippen molar-refractivity contribution in [2.75, 3.05) is 11.9 Å². The lowest BCUT2D eigenvalue weighted by Gasteiger charge is -2.09. The van der Waals surface area contributed by atoms with Crippen LogP contribution in [0.1, 0.15) is 50.6 Å². The zero-order valence-corrected chi connectivity index (χ0v) is 18.2. The van der Waals surface area contributed by atoms with Crippen LogP contribution in [0.25, 0.3) is 5.69 Å². The molecule has 0 atom stereocenters. The van der Waals surface area contributed by atoms with Crippen molar-refractivity contribution in [3.05, 3.63) is 63.3 Å². The van der Waals surface area contributed by atoms with Crippen molar-refractivity contribution in [3.63, 3.8) is 0 Å². The van der Waals surface area contributed by atoms with Crippen molar-refractivity contribution < 1.29 is 14.3 Å². The van der Waals surface area contributed by atoms with Crippen molar-refractivity contribution in [2.45, 2.75) is 39.5 Å². The lowest BCUT2D eigenvalue weighted by atomic mass is 9.96. The van der Waals surface area contributed by atoms with E-state index in [1.54, 1.807) is 18.5 Å². The second-order valence-corrected chi connectivity index (χ2v) is 8.55. The second-order valence-electron chi connectivity index (χ2n) is 7.44. The molecule has 4 rings (SSSR count). The zero-order chi connectivity index (χ0) is 22.0. The van der Waals surface area contributed by atoms with E-state index in [0.717, 1.165) is 41.8 Å². The number of carbonyl (C=O) groups excluding carboxylic acids is 2. The Balaban J connectivity index is 1.44. The number of para-hydroxylation sites is 1. The highest BCUT2D eigenvalue weighted by molar-refractivity contribution is 7.16. The Labute approximate surface area is 184 Å². The Morgan fingerprint density at radius 3 is 2.71 bits per heavy atom. The van der Waals surface area contributed by atoms with Gasteiger partial charge in [0.2, 0.25) is 0 Å². The van der Waals surface area contributed by atoms with Crippen LogP contribution in [0.3, 0.4) is 0 Å². The Bertz CT molecular complexity index is 1190. The van der Waals surface area contributed by atoms with E-state index in [0.29, 0.717) is 27.5 Å². The molecule has 1 aromatic carbocycles. The van der Waals surface area contributed by atoms with Gasteiger partial charge in [0.15, 0.2) is 6.61 Å². The highest BCUT2D eigenvalue weighted by Crippen LogP contribution is 2.37. The molecule has 31 heavy (non-hydrogen) atoms. The van der Waals surface area contributed by atoms with Gasteiger partial charge in [-0.1, -0.05) is 18.2 Å². The average Bonchev–Trinajstić information content (AvgIpc) is 3.28. The van der Waals surface area contributed by atoms with Gasteiger partial charge in [-0.2, -0.15) is 10.4 Å².